The fraction of sp³-hybridized carbons (Fsp3) is 0.348. The van der Waals surface area contributed by atoms with Gasteiger partial charge < -0.3 is 15.1 Å². The molecule has 1 aromatic carbocycles. The van der Waals surface area contributed by atoms with Gasteiger partial charge in [-0.2, -0.15) is 0 Å². The Kier molecular flexibility index (Phi) is 7.31. The quantitative estimate of drug-likeness (QED) is 0.332. The van der Waals surface area contributed by atoms with E-state index in [1.165, 1.54) is 16.3 Å². The summed E-state index contributed by atoms with van der Waals surface area (Å²) in [5.41, 5.74) is 0.409. The lowest BCUT2D eigenvalue weighted by atomic mass is 10.2. The van der Waals surface area contributed by atoms with E-state index < -0.39 is 0 Å². The molecule has 0 atom stereocenters. The van der Waals surface area contributed by atoms with Crippen molar-refractivity contribution in [3.63, 3.8) is 0 Å². The first-order valence-electron chi connectivity index (χ1n) is 11.0. The van der Waals surface area contributed by atoms with E-state index in [0.717, 1.165) is 0 Å². The molecule has 0 spiro atoms. The second kappa shape index (κ2) is 10.6. The first kappa shape index (κ1) is 23.6. The number of thioether (sulfide) groups is 1. The molecule has 0 aliphatic heterocycles. The lowest BCUT2D eigenvalue weighted by Gasteiger charge is -2.12. The number of para-hydroxylation sites is 1. The van der Waals surface area contributed by atoms with Crippen molar-refractivity contribution < 1.29 is 14.0 Å². The van der Waals surface area contributed by atoms with Crippen molar-refractivity contribution >= 4 is 40.3 Å². The third kappa shape index (κ3) is 5.30. The number of rotatable bonds is 10. The van der Waals surface area contributed by atoms with E-state index >= 15 is 0 Å². The van der Waals surface area contributed by atoms with Crippen LogP contribution in [0.5, 0.6) is 0 Å². The van der Waals surface area contributed by atoms with Crippen LogP contribution >= 0.6 is 11.8 Å². The Morgan fingerprint density at radius 2 is 1.91 bits per heavy atom. The molecule has 0 aliphatic rings. The van der Waals surface area contributed by atoms with Crippen molar-refractivity contribution in [2.24, 2.45) is 5.92 Å². The molecule has 3 aromatic heterocycles. The van der Waals surface area contributed by atoms with Crippen molar-refractivity contribution in [1.82, 2.24) is 29.8 Å². The number of nitrogens with zero attached hydrogens (tertiary/aromatic N) is 4. The number of aryl methyl sites for hydroxylation is 1. The third-order valence-corrected chi connectivity index (χ3v) is 6.05. The Bertz CT molecular complexity index is 1360. The molecule has 11 heteroatoms. The molecular weight excluding hydrogens is 456 g/mol. The third-order valence-electron chi connectivity index (χ3n) is 5.12. The van der Waals surface area contributed by atoms with Crippen LogP contribution in [0, 0.1) is 5.92 Å². The Morgan fingerprint density at radius 3 is 2.68 bits per heavy atom. The van der Waals surface area contributed by atoms with Gasteiger partial charge in [0.1, 0.15) is 5.76 Å². The molecule has 0 bridgehead atoms. The van der Waals surface area contributed by atoms with Gasteiger partial charge in [0.25, 0.3) is 5.56 Å². The van der Waals surface area contributed by atoms with E-state index in [2.05, 4.69) is 20.8 Å². The van der Waals surface area contributed by atoms with E-state index in [9.17, 15) is 14.4 Å². The number of furan rings is 1. The Hall–Kier alpha value is -3.60. The van der Waals surface area contributed by atoms with E-state index in [4.69, 9.17) is 4.42 Å². The van der Waals surface area contributed by atoms with Crippen LogP contribution in [0.15, 0.2) is 57.0 Å². The molecule has 0 aliphatic carbocycles. The average Bonchev–Trinajstić information content (AvgIpc) is 3.50. The van der Waals surface area contributed by atoms with Crippen molar-refractivity contribution in [3.8, 4) is 0 Å². The minimum atomic E-state index is -0.236. The summed E-state index contributed by atoms with van der Waals surface area (Å²) in [7, 11) is 0. The largest absolute Gasteiger partial charge is 0.467 e. The smallest absolute Gasteiger partial charge is 0.262 e. The second-order valence-electron chi connectivity index (χ2n) is 8.18. The summed E-state index contributed by atoms with van der Waals surface area (Å²) < 4.78 is 8.44. The van der Waals surface area contributed by atoms with E-state index in [1.54, 1.807) is 34.9 Å². The van der Waals surface area contributed by atoms with E-state index in [-0.39, 0.29) is 36.1 Å². The standard InChI is InChI=1S/C23H26N6O4S/c1-15(2)12-24-19(30)9-10-28-21(32)17-7-3-4-8-18(17)29-22(28)26-27-23(29)34-14-20(31)25-13-16-6-5-11-33-16/h3-8,11,15H,9-10,12-14H2,1-2H3,(H,24,30)(H,25,31). The van der Waals surface area contributed by atoms with Crippen molar-refractivity contribution in [2.75, 3.05) is 12.3 Å². The maximum Gasteiger partial charge on any atom is 0.262 e. The van der Waals surface area contributed by atoms with Gasteiger partial charge in [-0.05, 0) is 30.2 Å². The number of carbonyl (C=O) groups is 2. The highest BCUT2D eigenvalue weighted by Gasteiger charge is 2.18. The molecule has 4 aromatic rings. The zero-order valence-electron chi connectivity index (χ0n) is 19.0. The molecule has 34 heavy (non-hydrogen) atoms. The van der Waals surface area contributed by atoms with Gasteiger partial charge in [0.2, 0.25) is 17.6 Å². The van der Waals surface area contributed by atoms with Crippen LogP contribution in [0.4, 0.5) is 0 Å². The second-order valence-corrected chi connectivity index (χ2v) is 9.13. The molecule has 0 saturated carbocycles. The molecule has 178 valence electrons. The summed E-state index contributed by atoms with van der Waals surface area (Å²) in [6.45, 7) is 5.08. The molecule has 3 heterocycles. The molecule has 4 rings (SSSR count). The maximum atomic E-state index is 13.2. The van der Waals surface area contributed by atoms with Crippen LogP contribution < -0.4 is 16.2 Å². The zero-order valence-corrected chi connectivity index (χ0v) is 19.8. The van der Waals surface area contributed by atoms with Gasteiger partial charge >= 0.3 is 0 Å². The Morgan fingerprint density at radius 1 is 1.09 bits per heavy atom. The predicted molar refractivity (Wildman–Crippen MR) is 128 cm³/mol. The highest BCUT2D eigenvalue weighted by atomic mass is 32.2. The summed E-state index contributed by atoms with van der Waals surface area (Å²) in [5.74, 6) is 1.14. The molecule has 0 saturated heterocycles. The SMILES string of the molecule is CC(C)CNC(=O)CCn1c(=O)c2ccccc2n2c(SCC(=O)NCc3ccco3)nnc12. The minimum Gasteiger partial charge on any atom is -0.467 e. The molecule has 2 amide bonds. The summed E-state index contributed by atoms with van der Waals surface area (Å²) in [5, 5.41) is 15.1. The van der Waals surface area contributed by atoms with Gasteiger partial charge in [0.05, 0.1) is 29.5 Å². The minimum absolute atomic E-state index is 0.118. The number of carbonyl (C=O) groups excluding carboxylic acids is 2. The monoisotopic (exact) mass is 482 g/mol. The number of fused-ring (bicyclic) bond motifs is 3. The fourth-order valence-corrected chi connectivity index (χ4v) is 4.20. The molecule has 0 radical (unpaired) electrons. The lowest BCUT2D eigenvalue weighted by molar-refractivity contribution is -0.121. The lowest BCUT2D eigenvalue weighted by Crippen LogP contribution is -2.30. The van der Waals surface area contributed by atoms with Gasteiger partial charge in [-0.15, -0.1) is 10.2 Å². The van der Waals surface area contributed by atoms with Gasteiger partial charge in [-0.1, -0.05) is 37.7 Å². The number of benzene rings is 1. The summed E-state index contributed by atoms with van der Waals surface area (Å²) in [6.07, 6.45) is 1.70. The molecule has 0 fully saturated rings. The van der Waals surface area contributed by atoms with Gasteiger partial charge in [0.15, 0.2) is 5.16 Å². The van der Waals surface area contributed by atoms with Crippen LogP contribution in [-0.4, -0.2) is 43.3 Å². The van der Waals surface area contributed by atoms with Crippen LogP contribution in [0.1, 0.15) is 26.0 Å². The summed E-state index contributed by atoms with van der Waals surface area (Å²) >= 11 is 1.22. The zero-order chi connectivity index (χ0) is 24.1. The first-order chi connectivity index (χ1) is 16.4. The van der Waals surface area contributed by atoms with Gasteiger partial charge in [-0.3, -0.25) is 23.4 Å². The Labute approximate surface area is 199 Å². The topological polar surface area (TPSA) is 124 Å². The first-order valence-corrected chi connectivity index (χ1v) is 12.0. The fourth-order valence-electron chi connectivity index (χ4n) is 3.43. The number of hydrogen-bond acceptors (Lipinski definition) is 7. The maximum absolute atomic E-state index is 13.2. The highest BCUT2D eigenvalue weighted by molar-refractivity contribution is 7.99. The van der Waals surface area contributed by atoms with Crippen LogP contribution in [0.3, 0.4) is 0 Å². The van der Waals surface area contributed by atoms with Crippen LogP contribution in [-0.2, 0) is 22.7 Å². The van der Waals surface area contributed by atoms with Crippen LogP contribution in [0.2, 0.25) is 0 Å². The summed E-state index contributed by atoms with van der Waals surface area (Å²) in [6, 6.07) is 10.7. The van der Waals surface area contributed by atoms with Crippen molar-refractivity contribution in [1.29, 1.82) is 0 Å². The van der Waals surface area contributed by atoms with E-state index in [1.807, 2.05) is 26.0 Å². The van der Waals surface area contributed by atoms with Crippen LogP contribution in [0.25, 0.3) is 16.7 Å². The number of hydrogen-bond donors (Lipinski definition) is 2. The number of amides is 2. The average molecular weight is 483 g/mol. The molecule has 0 unspecified atom stereocenters. The van der Waals surface area contributed by atoms with Gasteiger partial charge in [0, 0.05) is 19.5 Å². The molecule has 10 nitrogen and oxygen atoms in total. The van der Waals surface area contributed by atoms with Gasteiger partial charge in [-0.25, -0.2) is 0 Å². The molecule has 2 N–H and O–H groups in total. The predicted octanol–water partition coefficient (Wildman–Crippen LogP) is 2.21. The Balaban J connectivity index is 1.56. The summed E-state index contributed by atoms with van der Waals surface area (Å²) in [4.78, 5) is 37.7. The van der Waals surface area contributed by atoms with Crippen molar-refractivity contribution in [2.45, 2.75) is 38.5 Å². The number of aromatic nitrogens is 4. The van der Waals surface area contributed by atoms with E-state index in [0.29, 0.717) is 46.6 Å². The van der Waals surface area contributed by atoms with Crippen molar-refractivity contribution in [3.05, 3.63) is 58.8 Å². The molecular formula is C23H26N6O4S. The number of nitrogens with one attached hydrogen (secondary N) is 2. The normalized spacial score (nSPS) is 11.4. The highest BCUT2D eigenvalue weighted by Crippen LogP contribution is 2.21.